The van der Waals surface area contributed by atoms with Gasteiger partial charge in [0.05, 0.1) is 33.1 Å². The zero-order valence-electron chi connectivity index (χ0n) is 74.9. The van der Waals surface area contributed by atoms with Gasteiger partial charge in [-0.2, -0.15) is 0 Å². The van der Waals surface area contributed by atoms with E-state index in [2.05, 4.69) is 407 Å². The van der Waals surface area contributed by atoms with E-state index in [4.69, 9.17) is 24.9 Å². The molecule has 6 aromatic heterocycles. The molecule has 6 heterocycles. The van der Waals surface area contributed by atoms with Crippen molar-refractivity contribution in [3.05, 3.63) is 508 Å². The van der Waals surface area contributed by atoms with Crippen molar-refractivity contribution in [3.63, 3.8) is 0 Å². The summed E-state index contributed by atoms with van der Waals surface area (Å²) in [6.07, 6.45) is 0. The van der Waals surface area contributed by atoms with Gasteiger partial charge in [0.2, 0.25) is 0 Å². The van der Waals surface area contributed by atoms with Crippen LogP contribution in [0.15, 0.2) is 455 Å². The molecule has 0 saturated heterocycles. The fourth-order valence-corrected chi connectivity index (χ4v) is 17.6. The molecule has 13 heteroatoms. The van der Waals surface area contributed by atoms with Crippen LogP contribution in [0.1, 0.15) is 11.1 Å². The molecule has 0 unspecified atom stereocenters. The van der Waals surface area contributed by atoms with Crippen molar-refractivity contribution in [2.75, 3.05) is 0 Å². The quantitative estimate of drug-likeness (QED) is 0.117. The molecule has 0 atom stereocenters. The smallest absolute Gasteiger partial charge is 0.0608 e. The molecule has 0 aliphatic carbocycles. The zero-order valence-corrected chi connectivity index (χ0v) is 89.2. The van der Waals surface area contributed by atoms with Crippen molar-refractivity contribution < 1.29 is 125 Å². The van der Waals surface area contributed by atoms with Crippen LogP contribution in [0.4, 0.5) is 4.39 Å². The fraction of sp³-hybridized carbons (Fsp3) is 0.0159. The minimum atomic E-state index is -0.287. The molecule has 0 aliphatic rings. The first kappa shape index (κ1) is 100.0. The molecule has 26 rings (SSSR count). The van der Waals surface area contributed by atoms with E-state index in [0.29, 0.717) is 0 Å². The SMILES string of the molecule is Cc1c[c-]c(-c2ccc3c(ccc4ccccc43)n2)cc1.Cc1cc[c-]c(-c2ccc3c(ccc4ccccc43)n2)c1.Fc1c[c-]c(-c2ccc3c(ccc4ccccc43)n2)cc1.[Ir].[Ir].[Ir].[Ir].[Ir].[Ir].[c-]1ccc2ccccc2c1-c1ccc2c(ccc3ccccc32)n1.[c-]1ccccc1-c1cc(-c2ccccc2)c2c(ccc3ccccc32)n1.[c-]1ccccc1-c1ccc2c(ccc3ccccc32)n1. The van der Waals surface area contributed by atoms with Crippen LogP contribution in [0.2, 0.25) is 0 Å². The van der Waals surface area contributed by atoms with Gasteiger partial charge >= 0.3 is 0 Å². The van der Waals surface area contributed by atoms with Crippen LogP contribution in [0.3, 0.4) is 0 Å². The molecule has 682 valence electrons. The Morgan fingerprint density at radius 2 is 0.518 bits per heavy atom. The Balaban J connectivity index is 0.000000125. The summed E-state index contributed by atoms with van der Waals surface area (Å²) in [7, 11) is 0. The molecular formula is C126H81FIr6N6-6. The summed E-state index contributed by atoms with van der Waals surface area (Å²) in [5.74, 6) is -0.287. The van der Waals surface area contributed by atoms with Crippen LogP contribution in [-0.2, 0) is 121 Å². The van der Waals surface area contributed by atoms with Gasteiger partial charge in [-0.3, -0.25) is 34.3 Å². The normalized spacial score (nSPS) is 10.6. The third-order valence-electron chi connectivity index (χ3n) is 24.2. The Bertz CT molecular complexity index is 8660. The maximum Gasteiger partial charge on any atom is 0.0608 e. The predicted molar refractivity (Wildman–Crippen MR) is 554 cm³/mol. The number of rotatable bonds is 7. The Hall–Kier alpha value is -13.5. The van der Waals surface area contributed by atoms with E-state index in [1.807, 2.05) is 84.9 Å². The van der Waals surface area contributed by atoms with Gasteiger partial charge in [-0.05, 0) is 146 Å². The van der Waals surface area contributed by atoms with Crippen LogP contribution in [0.5, 0.6) is 0 Å². The van der Waals surface area contributed by atoms with Crippen LogP contribution in [-0.4, -0.2) is 29.9 Å². The molecule has 26 aromatic rings. The summed E-state index contributed by atoms with van der Waals surface area (Å²) in [5, 5.41) is 24.4. The van der Waals surface area contributed by atoms with Crippen LogP contribution in [0, 0.1) is 56.1 Å². The Morgan fingerprint density at radius 3 is 0.921 bits per heavy atom. The molecule has 6 nitrogen and oxygen atoms in total. The zero-order chi connectivity index (χ0) is 89.3. The molecule has 20 aromatic carbocycles. The Labute approximate surface area is 887 Å². The minimum Gasteiger partial charge on any atom is -0.296 e. The maximum absolute atomic E-state index is 13.0. The topological polar surface area (TPSA) is 77.3 Å². The predicted octanol–water partition coefficient (Wildman–Crippen LogP) is 32.7. The van der Waals surface area contributed by atoms with Crippen molar-refractivity contribution >= 4 is 141 Å². The number of aromatic nitrogens is 6. The van der Waals surface area contributed by atoms with E-state index < -0.39 is 0 Å². The van der Waals surface area contributed by atoms with Gasteiger partial charge in [-0.25, -0.2) is 0 Å². The monoisotopic (exact) mass is 2850 g/mol. The molecule has 0 amide bonds. The number of pyridine rings is 6. The summed E-state index contributed by atoms with van der Waals surface area (Å²) in [6.45, 7) is 4.16. The number of nitrogens with zero attached hydrogens (tertiary/aromatic N) is 6. The molecule has 0 aliphatic heterocycles. The first-order chi connectivity index (χ1) is 65.6. The molecule has 0 spiro atoms. The number of halogens is 1. The summed E-state index contributed by atoms with van der Waals surface area (Å²) in [6, 6.07) is 174. The van der Waals surface area contributed by atoms with Crippen LogP contribution in [0.25, 0.3) is 219 Å². The second-order valence-corrected chi connectivity index (χ2v) is 32.8. The van der Waals surface area contributed by atoms with E-state index in [0.717, 1.165) is 106 Å². The third-order valence-corrected chi connectivity index (χ3v) is 24.2. The van der Waals surface area contributed by atoms with Gasteiger partial charge in [-0.15, -0.1) is 202 Å². The summed E-state index contributed by atoms with van der Waals surface area (Å²) in [5.41, 5.74) is 22.5. The van der Waals surface area contributed by atoms with E-state index in [1.54, 1.807) is 6.07 Å². The van der Waals surface area contributed by atoms with Gasteiger partial charge < -0.3 is 0 Å². The van der Waals surface area contributed by atoms with E-state index >= 15 is 0 Å². The number of hydrogen-bond donors (Lipinski definition) is 0. The first-order valence-electron chi connectivity index (χ1n) is 44.4. The summed E-state index contributed by atoms with van der Waals surface area (Å²) < 4.78 is 13.0. The van der Waals surface area contributed by atoms with Crippen molar-refractivity contribution in [2.24, 2.45) is 0 Å². The second-order valence-electron chi connectivity index (χ2n) is 32.8. The number of fused-ring (bicyclic) bond motifs is 19. The first-order valence-corrected chi connectivity index (χ1v) is 44.4. The summed E-state index contributed by atoms with van der Waals surface area (Å²) >= 11 is 0. The van der Waals surface area contributed by atoms with Crippen molar-refractivity contribution in [1.82, 2.24) is 29.9 Å². The second kappa shape index (κ2) is 46.3. The average molecular weight is 2850 g/mol. The molecular weight excluding hydrogens is 2770 g/mol. The van der Waals surface area contributed by atoms with E-state index in [9.17, 15) is 4.39 Å². The molecule has 0 N–H and O–H groups in total. The standard InChI is InChI=1S/C25H16N.C23H14N.2C20H14N.C19H11FN.C19H12N.6Ir/c1-3-9-18(10-4-1)22-17-24(20-12-5-2-6-13-20)26-23-16-15-19-11-7-8-14-21(19)25(22)23;1-3-9-18-16(6-1)8-5-11-20(18)23-15-13-21-19-10-4-2-7-17(19)12-14-22(21)24-23;1-14-5-4-7-16(13-14)19-12-10-18-17-8-3-2-6-15(17)9-11-20(18)21-19;1-14-6-8-16(9-7-14)19-13-11-18-17-5-3-2-4-15(17)10-12-20(18)21-19;20-15-8-5-14(6-9-15)18-12-10-17-16-4-2-1-3-13(16)7-11-19(17)21-18;1-2-7-15(8-3-1)18-13-11-17-16-9-5-4-6-14(16)10-12-19(17)20-18;;;;;;/h1-12,14-17H;1-10,12-15H;2-6,8-13H,1H3;2-8,10-13H,1H3;1-5,7-12H;1-7,9-13H;;;;;;/q6*-1;;;;;;. The molecule has 139 heavy (non-hydrogen) atoms. The van der Waals surface area contributed by atoms with Gasteiger partial charge in [0.1, 0.15) is 0 Å². The fourth-order valence-electron chi connectivity index (χ4n) is 17.6. The average Bonchev–Trinajstić information content (AvgIpc) is 0.751. The molecule has 0 saturated carbocycles. The van der Waals surface area contributed by atoms with Gasteiger partial charge in [0.25, 0.3) is 0 Å². The Kier molecular flexibility index (Phi) is 33.3. The largest absolute Gasteiger partial charge is 0.296 e. The minimum absolute atomic E-state index is 0. The number of hydrogen-bond acceptors (Lipinski definition) is 6. The van der Waals surface area contributed by atoms with Gasteiger partial charge in [0.15, 0.2) is 0 Å². The van der Waals surface area contributed by atoms with Crippen molar-refractivity contribution in [1.29, 1.82) is 0 Å². The number of aryl methyl sites for hydroxylation is 2. The maximum atomic E-state index is 13.0. The van der Waals surface area contributed by atoms with Crippen molar-refractivity contribution in [2.45, 2.75) is 13.8 Å². The molecule has 0 bridgehead atoms. The van der Waals surface area contributed by atoms with E-state index in [1.165, 1.54) is 137 Å². The van der Waals surface area contributed by atoms with Crippen LogP contribution < -0.4 is 0 Å². The van der Waals surface area contributed by atoms with Gasteiger partial charge in [-0.1, -0.05) is 323 Å². The molecule has 6 radical (unpaired) electrons. The summed E-state index contributed by atoms with van der Waals surface area (Å²) in [4.78, 5) is 28.9. The number of benzene rings is 20. The van der Waals surface area contributed by atoms with Crippen LogP contribution >= 0.6 is 0 Å². The van der Waals surface area contributed by atoms with Crippen molar-refractivity contribution in [3.8, 4) is 78.7 Å². The third kappa shape index (κ3) is 22.1. The van der Waals surface area contributed by atoms with E-state index in [-0.39, 0.29) is 126 Å². The Morgan fingerprint density at radius 1 is 0.194 bits per heavy atom. The molecule has 0 fully saturated rings. The van der Waals surface area contributed by atoms with Gasteiger partial charge in [0, 0.05) is 159 Å².